The van der Waals surface area contributed by atoms with Crippen molar-refractivity contribution in [3.05, 3.63) is 158 Å². The maximum Gasteiger partial charge on any atom is 0.136 e. The van der Waals surface area contributed by atoms with E-state index in [4.69, 9.17) is 8.83 Å². The van der Waals surface area contributed by atoms with Gasteiger partial charge in [-0.2, -0.15) is 0 Å². The highest BCUT2D eigenvalue weighted by molar-refractivity contribution is 7.26. The minimum Gasteiger partial charge on any atom is -0.456 e. The van der Waals surface area contributed by atoms with Crippen molar-refractivity contribution in [1.82, 2.24) is 0 Å². The lowest BCUT2D eigenvalue weighted by Crippen LogP contribution is -1.90. The van der Waals surface area contributed by atoms with Crippen LogP contribution >= 0.6 is 11.3 Å². The molecule has 0 bridgehead atoms. The molecule has 0 saturated carbocycles. The molecule has 0 aliphatic rings. The summed E-state index contributed by atoms with van der Waals surface area (Å²) < 4.78 is 15.1. The van der Waals surface area contributed by atoms with Crippen LogP contribution in [0.5, 0.6) is 0 Å². The largest absolute Gasteiger partial charge is 0.456 e. The molecule has 0 radical (unpaired) electrons. The van der Waals surface area contributed by atoms with E-state index in [-0.39, 0.29) is 0 Å². The maximum atomic E-state index is 6.32. The van der Waals surface area contributed by atoms with Gasteiger partial charge in [-0.25, -0.2) is 0 Å². The fourth-order valence-corrected chi connectivity index (χ4v) is 9.89. The molecule has 2 nitrogen and oxygen atoms in total. The molecule has 3 aromatic heterocycles. The van der Waals surface area contributed by atoms with Crippen molar-refractivity contribution in [2.45, 2.75) is 0 Å². The van der Waals surface area contributed by atoms with Crippen molar-refractivity contribution in [3.8, 4) is 22.3 Å². The van der Waals surface area contributed by atoms with Crippen LogP contribution in [0.3, 0.4) is 0 Å². The summed E-state index contributed by atoms with van der Waals surface area (Å²) in [6, 6.07) is 57.1. The van der Waals surface area contributed by atoms with Crippen LogP contribution in [0.25, 0.3) is 119 Å². The molecule has 12 rings (SSSR count). The van der Waals surface area contributed by atoms with Crippen molar-refractivity contribution in [1.29, 1.82) is 0 Å². The van der Waals surface area contributed by atoms with E-state index >= 15 is 0 Å². The van der Waals surface area contributed by atoms with Gasteiger partial charge in [-0.1, -0.05) is 115 Å². The standard InChI is InChI=1S/C48H26O2S/c1-3-12-33-31(10-1)44(28-19-22-41-37(25-28)30-9-5-7-15-39(30)49-41)32-11-2-4-13-34(32)45(33)29-20-24-43-38(26-29)35-21-17-27-18-23-42-47(46(27)48(35)51-43)36-14-6-8-16-40(36)50-42/h1-26H. The minimum atomic E-state index is 0.913. The minimum absolute atomic E-state index is 0.913. The molecule has 0 amide bonds. The third-order valence-electron chi connectivity index (χ3n) is 10.8. The van der Waals surface area contributed by atoms with Gasteiger partial charge in [0.15, 0.2) is 0 Å². The van der Waals surface area contributed by atoms with Crippen molar-refractivity contribution in [3.63, 3.8) is 0 Å². The van der Waals surface area contributed by atoms with Crippen LogP contribution in [-0.2, 0) is 0 Å². The molecule has 0 aliphatic heterocycles. The SMILES string of the molecule is c1ccc2c(c1)oc1ccc(-c3c4ccccc4c(-c4ccc5sc6c(ccc7ccc8oc9ccccc9c8c76)c5c4)c4ccccc34)cc12. The zero-order valence-corrected chi connectivity index (χ0v) is 28.1. The van der Waals surface area contributed by atoms with E-state index in [9.17, 15) is 0 Å². The summed E-state index contributed by atoms with van der Waals surface area (Å²) in [4.78, 5) is 0. The van der Waals surface area contributed by atoms with Crippen LogP contribution in [0.4, 0.5) is 0 Å². The van der Waals surface area contributed by atoms with E-state index in [0.717, 1.165) is 33.1 Å². The molecule has 0 spiro atoms. The summed E-state index contributed by atoms with van der Waals surface area (Å²) in [6.45, 7) is 0. The molecule has 3 heteroatoms. The maximum absolute atomic E-state index is 6.32. The van der Waals surface area contributed by atoms with Crippen LogP contribution in [-0.4, -0.2) is 0 Å². The molecule has 0 fully saturated rings. The van der Waals surface area contributed by atoms with Gasteiger partial charge >= 0.3 is 0 Å². The summed E-state index contributed by atoms with van der Waals surface area (Å²) in [5.41, 5.74) is 8.64. The topological polar surface area (TPSA) is 26.3 Å². The molecule has 51 heavy (non-hydrogen) atoms. The number of rotatable bonds is 2. The lowest BCUT2D eigenvalue weighted by Gasteiger charge is -2.18. The number of fused-ring (bicyclic) bond motifs is 14. The van der Waals surface area contributed by atoms with Gasteiger partial charge in [-0.05, 0) is 91.6 Å². The fourth-order valence-electron chi connectivity index (χ4n) is 8.64. The lowest BCUT2D eigenvalue weighted by atomic mass is 9.85. The first-order valence-electron chi connectivity index (χ1n) is 17.3. The highest BCUT2D eigenvalue weighted by atomic mass is 32.1. The number of hydrogen-bond donors (Lipinski definition) is 0. The number of benzene rings is 9. The summed E-state index contributed by atoms with van der Waals surface area (Å²) >= 11 is 1.88. The Morgan fingerprint density at radius 2 is 0.843 bits per heavy atom. The molecule has 0 unspecified atom stereocenters. The Bertz CT molecular complexity index is 3370. The first-order valence-corrected chi connectivity index (χ1v) is 18.1. The molecule has 9 aromatic carbocycles. The van der Waals surface area contributed by atoms with E-state index in [0.29, 0.717) is 0 Å². The third kappa shape index (κ3) is 3.76. The predicted octanol–water partition coefficient (Wildman–Crippen LogP) is 14.6. The van der Waals surface area contributed by atoms with Crippen molar-refractivity contribution in [2.24, 2.45) is 0 Å². The Morgan fingerprint density at radius 3 is 1.55 bits per heavy atom. The number of para-hydroxylation sites is 2. The van der Waals surface area contributed by atoms with Crippen molar-refractivity contribution < 1.29 is 8.83 Å². The van der Waals surface area contributed by atoms with Gasteiger partial charge in [0.2, 0.25) is 0 Å². The van der Waals surface area contributed by atoms with Crippen molar-refractivity contribution in [2.75, 3.05) is 0 Å². The second-order valence-corrected chi connectivity index (χ2v) is 14.6. The quantitative estimate of drug-likeness (QED) is 0.172. The Balaban J connectivity index is 1.14. The molecule has 0 saturated heterocycles. The Hall–Kier alpha value is -6.42. The van der Waals surface area contributed by atoms with E-state index in [1.807, 2.05) is 29.5 Å². The van der Waals surface area contributed by atoms with Gasteiger partial charge in [-0.3, -0.25) is 0 Å². The first kappa shape index (κ1) is 27.4. The van der Waals surface area contributed by atoms with Gasteiger partial charge in [-0.15, -0.1) is 11.3 Å². The summed E-state index contributed by atoms with van der Waals surface area (Å²) in [5.74, 6) is 0. The Morgan fingerprint density at radius 1 is 0.333 bits per heavy atom. The number of hydrogen-bond acceptors (Lipinski definition) is 3. The molecule has 0 atom stereocenters. The van der Waals surface area contributed by atoms with E-state index in [2.05, 4.69) is 140 Å². The molecule has 0 aliphatic carbocycles. The summed E-state index contributed by atoms with van der Waals surface area (Å²) in [6.07, 6.45) is 0. The van der Waals surface area contributed by atoms with Crippen LogP contribution in [0, 0.1) is 0 Å². The average Bonchev–Trinajstić information content (AvgIpc) is 3.87. The summed E-state index contributed by atoms with van der Waals surface area (Å²) in [7, 11) is 0. The van der Waals surface area contributed by atoms with Crippen molar-refractivity contribution >= 4 is 108 Å². The average molecular weight is 667 g/mol. The van der Waals surface area contributed by atoms with E-state index < -0.39 is 0 Å². The first-order chi connectivity index (χ1) is 25.3. The van der Waals surface area contributed by atoms with E-state index in [1.165, 1.54) is 85.5 Å². The second kappa shape index (κ2) is 10.1. The van der Waals surface area contributed by atoms with Gasteiger partial charge < -0.3 is 8.83 Å². The van der Waals surface area contributed by atoms with Crippen LogP contribution in [0.1, 0.15) is 0 Å². The molecule has 0 N–H and O–H groups in total. The molecule has 236 valence electrons. The molecular weight excluding hydrogens is 641 g/mol. The highest BCUT2D eigenvalue weighted by Crippen LogP contribution is 2.48. The monoisotopic (exact) mass is 666 g/mol. The normalized spacial score (nSPS) is 12.3. The van der Waals surface area contributed by atoms with Gasteiger partial charge in [0, 0.05) is 47.1 Å². The Labute approximate surface area is 295 Å². The zero-order valence-electron chi connectivity index (χ0n) is 27.2. The molecular formula is C48H26O2S. The van der Waals surface area contributed by atoms with E-state index in [1.54, 1.807) is 0 Å². The highest BCUT2D eigenvalue weighted by Gasteiger charge is 2.20. The zero-order chi connectivity index (χ0) is 33.2. The predicted molar refractivity (Wildman–Crippen MR) is 217 cm³/mol. The Kier molecular flexibility index (Phi) is 5.41. The number of furan rings is 2. The fraction of sp³-hybridized carbons (Fsp3) is 0. The van der Waals surface area contributed by atoms with Gasteiger partial charge in [0.25, 0.3) is 0 Å². The second-order valence-electron chi connectivity index (χ2n) is 13.5. The molecule has 3 heterocycles. The summed E-state index contributed by atoms with van der Waals surface area (Å²) in [5, 5.41) is 14.7. The van der Waals surface area contributed by atoms with Gasteiger partial charge in [0.1, 0.15) is 22.3 Å². The van der Waals surface area contributed by atoms with Crippen LogP contribution in [0.2, 0.25) is 0 Å². The lowest BCUT2D eigenvalue weighted by molar-refractivity contribution is 0.668. The molecule has 12 aromatic rings. The smallest absolute Gasteiger partial charge is 0.136 e. The number of thiophene rings is 1. The van der Waals surface area contributed by atoms with Gasteiger partial charge in [0.05, 0.1) is 0 Å². The van der Waals surface area contributed by atoms with Crippen LogP contribution < -0.4 is 0 Å². The third-order valence-corrected chi connectivity index (χ3v) is 12.0. The van der Waals surface area contributed by atoms with Crippen LogP contribution in [0.15, 0.2) is 167 Å².